The van der Waals surface area contributed by atoms with Gasteiger partial charge in [0.05, 0.1) is 12.5 Å². The molecule has 82 valence electrons. The minimum Gasteiger partial charge on any atom is -0.472 e. The van der Waals surface area contributed by atoms with Crippen LogP contribution in [-0.4, -0.2) is 29.2 Å². The van der Waals surface area contributed by atoms with Crippen molar-refractivity contribution in [1.82, 2.24) is 15.5 Å². The number of hydrogen-bond acceptors (Lipinski definition) is 3. The molecule has 0 bridgehead atoms. The van der Waals surface area contributed by atoms with Crippen molar-refractivity contribution < 1.29 is 4.42 Å². The Balaban J connectivity index is 2.28. The molecule has 0 spiro atoms. The average Bonchev–Trinajstić information content (AvgIpc) is 2.66. The second kappa shape index (κ2) is 5.67. The molecule has 4 nitrogen and oxygen atoms in total. The summed E-state index contributed by atoms with van der Waals surface area (Å²) in [5.41, 5.74) is 1.04. The van der Waals surface area contributed by atoms with Gasteiger partial charge in [-0.25, -0.2) is 0 Å². The molecule has 1 rings (SSSR count). The van der Waals surface area contributed by atoms with Crippen LogP contribution in [0.25, 0.3) is 0 Å². The second-order valence-corrected chi connectivity index (χ2v) is 3.93. The molecule has 0 unspecified atom stereocenters. The second-order valence-electron chi connectivity index (χ2n) is 3.14. The van der Waals surface area contributed by atoms with Gasteiger partial charge in [0.2, 0.25) is 0 Å². The first-order chi connectivity index (χ1) is 7.09. The van der Waals surface area contributed by atoms with Crippen molar-refractivity contribution in [2.45, 2.75) is 6.54 Å². The Morgan fingerprint density at radius 2 is 2.20 bits per heavy atom. The summed E-state index contributed by atoms with van der Waals surface area (Å²) in [5.74, 6) is 0. The topological polar surface area (TPSA) is 40.4 Å². The average molecular weight is 243 g/mol. The van der Waals surface area contributed by atoms with E-state index in [9.17, 15) is 0 Å². The molecule has 15 heavy (non-hydrogen) atoms. The van der Waals surface area contributed by atoms with Gasteiger partial charge in [-0.2, -0.15) is 0 Å². The van der Waals surface area contributed by atoms with Gasteiger partial charge in [-0.3, -0.25) is 0 Å². The van der Waals surface area contributed by atoms with E-state index in [1.807, 2.05) is 20.2 Å². The highest BCUT2D eigenvalue weighted by atomic mass is 32.1. The number of furan rings is 1. The molecule has 0 aliphatic heterocycles. The fourth-order valence-electron chi connectivity index (χ4n) is 0.829. The zero-order valence-corrected chi connectivity index (χ0v) is 10.2. The van der Waals surface area contributed by atoms with Crippen LogP contribution >= 0.6 is 24.4 Å². The van der Waals surface area contributed by atoms with Crippen molar-refractivity contribution in [3.63, 3.8) is 0 Å². The van der Waals surface area contributed by atoms with E-state index in [2.05, 4.69) is 10.6 Å². The third-order valence-corrected chi connectivity index (χ3v) is 2.37. The first kappa shape index (κ1) is 11.9. The largest absolute Gasteiger partial charge is 0.472 e. The van der Waals surface area contributed by atoms with Crippen LogP contribution in [0.5, 0.6) is 0 Å². The first-order valence-electron chi connectivity index (χ1n) is 4.37. The molecule has 0 atom stereocenters. The maximum absolute atomic E-state index is 5.06. The zero-order valence-electron chi connectivity index (χ0n) is 8.61. The fourth-order valence-corrected chi connectivity index (χ4v) is 1.16. The summed E-state index contributed by atoms with van der Waals surface area (Å²) in [7, 11) is 3.71. The minimum atomic E-state index is 0.509. The van der Waals surface area contributed by atoms with E-state index in [1.54, 1.807) is 17.4 Å². The minimum absolute atomic E-state index is 0.509. The van der Waals surface area contributed by atoms with Crippen LogP contribution in [0, 0.1) is 0 Å². The molecule has 0 amide bonds. The lowest BCUT2D eigenvalue weighted by Gasteiger charge is -2.16. The van der Waals surface area contributed by atoms with Crippen LogP contribution in [0.4, 0.5) is 0 Å². The van der Waals surface area contributed by atoms with Crippen LogP contribution in [0.2, 0.25) is 0 Å². The fraction of sp³-hybridized carbons (Fsp3) is 0.333. The van der Waals surface area contributed by atoms with Gasteiger partial charge in [-0.05, 0) is 30.5 Å². The Bertz CT molecular complexity index is 335. The standard InChI is InChI=1S/C9H13N3OS2/c1-12(2)9(15)11-8(14)10-5-7-3-4-13-6-7/h3-4,6H,5H2,1-2H3,(H2,10,11,14,15). The molecule has 0 aromatic carbocycles. The number of nitrogens with zero attached hydrogens (tertiary/aromatic N) is 1. The summed E-state index contributed by atoms with van der Waals surface area (Å²) in [6.07, 6.45) is 3.29. The third kappa shape index (κ3) is 4.26. The Labute approximate surface area is 99.6 Å². The summed E-state index contributed by atoms with van der Waals surface area (Å²) < 4.78 is 4.93. The Morgan fingerprint density at radius 1 is 1.47 bits per heavy atom. The maximum atomic E-state index is 5.06. The lowest BCUT2D eigenvalue weighted by Crippen LogP contribution is -2.43. The lowest BCUT2D eigenvalue weighted by atomic mass is 10.3. The van der Waals surface area contributed by atoms with Crippen LogP contribution in [0.1, 0.15) is 5.56 Å². The highest BCUT2D eigenvalue weighted by Gasteiger charge is 2.01. The predicted molar refractivity (Wildman–Crippen MR) is 67.6 cm³/mol. The number of thiocarbonyl (C=S) groups is 2. The molecule has 0 fully saturated rings. The molecule has 6 heteroatoms. The molecule has 1 aromatic rings. The Morgan fingerprint density at radius 3 is 2.73 bits per heavy atom. The van der Waals surface area contributed by atoms with E-state index >= 15 is 0 Å². The van der Waals surface area contributed by atoms with Gasteiger partial charge in [0.25, 0.3) is 0 Å². The van der Waals surface area contributed by atoms with E-state index in [0.717, 1.165) is 5.56 Å². The van der Waals surface area contributed by atoms with Crippen molar-refractivity contribution in [3.8, 4) is 0 Å². The monoisotopic (exact) mass is 243 g/mol. The van der Waals surface area contributed by atoms with Gasteiger partial charge in [-0.1, -0.05) is 0 Å². The molecule has 1 heterocycles. The van der Waals surface area contributed by atoms with E-state index in [0.29, 0.717) is 16.8 Å². The van der Waals surface area contributed by atoms with E-state index < -0.39 is 0 Å². The predicted octanol–water partition coefficient (Wildman–Crippen LogP) is 1.09. The van der Waals surface area contributed by atoms with Gasteiger partial charge < -0.3 is 20.0 Å². The van der Waals surface area contributed by atoms with Crippen molar-refractivity contribution in [1.29, 1.82) is 0 Å². The molecule has 1 aromatic heterocycles. The van der Waals surface area contributed by atoms with Crippen molar-refractivity contribution in [3.05, 3.63) is 24.2 Å². The normalized spacial score (nSPS) is 9.47. The summed E-state index contributed by atoms with van der Waals surface area (Å²) in [5, 5.41) is 7.00. The van der Waals surface area contributed by atoms with Gasteiger partial charge in [0.15, 0.2) is 10.2 Å². The summed E-state index contributed by atoms with van der Waals surface area (Å²) >= 11 is 10.1. The lowest BCUT2D eigenvalue weighted by molar-refractivity contribution is 0.563. The van der Waals surface area contributed by atoms with Crippen LogP contribution in [0.15, 0.2) is 23.0 Å². The van der Waals surface area contributed by atoms with Crippen molar-refractivity contribution >= 4 is 34.7 Å². The van der Waals surface area contributed by atoms with Crippen LogP contribution in [-0.2, 0) is 6.54 Å². The Hall–Kier alpha value is -1.14. The first-order valence-corrected chi connectivity index (χ1v) is 5.18. The third-order valence-electron chi connectivity index (χ3n) is 1.66. The highest BCUT2D eigenvalue weighted by Crippen LogP contribution is 1.98. The zero-order chi connectivity index (χ0) is 11.3. The SMILES string of the molecule is CN(C)C(=S)NC(=S)NCc1ccoc1. The van der Waals surface area contributed by atoms with Gasteiger partial charge in [-0.15, -0.1) is 0 Å². The quantitative estimate of drug-likeness (QED) is 0.758. The number of nitrogens with one attached hydrogen (secondary N) is 2. The summed E-state index contributed by atoms with van der Waals surface area (Å²) in [6, 6.07) is 1.87. The van der Waals surface area contributed by atoms with Crippen LogP contribution in [0.3, 0.4) is 0 Å². The molecule has 0 aliphatic rings. The summed E-state index contributed by atoms with van der Waals surface area (Å²) in [6.45, 7) is 0.623. The maximum Gasteiger partial charge on any atom is 0.174 e. The van der Waals surface area contributed by atoms with Gasteiger partial charge in [0.1, 0.15) is 0 Å². The molecular weight excluding hydrogens is 230 g/mol. The van der Waals surface area contributed by atoms with Crippen LogP contribution < -0.4 is 10.6 Å². The van der Waals surface area contributed by atoms with Crippen molar-refractivity contribution in [2.24, 2.45) is 0 Å². The van der Waals surface area contributed by atoms with Gasteiger partial charge >= 0.3 is 0 Å². The summed E-state index contributed by atoms with van der Waals surface area (Å²) in [4.78, 5) is 1.78. The number of hydrogen-bond donors (Lipinski definition) is 2. The molecule has 0 saturated carbocycles. The molecule has 2 N–H and O–H groups in total. The Kier molecular flexibility index (Phi) is 4.51. The molecular formula is C9H13N3OS2. The van der Waals surface area contributed by atoms with E-state index in [-0.39, 0.29) is 0 Å². The van der Waals surface area contributed by atoms with Gasteiger partial charge in [0, 0.05) is 26.2 Å². The number of rotatable bonds is 2. The van der Waals surface area contributed by atoms with E-state index in [1.165, 1.54) is 0 Å². The highest BCUT2D eigenvalue weighted by molar-refractivity contribution is 7.81. The smallest absolute Gasteiger partial charge is 0.174 e. The van der Waals surface area contributed by atoms with E-state index in [4.69, 9.17) is 28.9 Å². The van der Waals surface area contributed by atoms with Crippen molar-refractivity contribution in [2.75, 3.05) is 14.1 Å². The molecule has 0 saturated heterocycles. The molecule has 0 aliphatic carbocycles. The molecule has 0 radical (unpaired) electrons.